The molecule has 106 valence electrons. The minimum absolute atomic E-state index is 0.145. The second-order valence-corrected chi connectivity index (χ2v) is 5.40. The molecule has 1 saturated heterocycles. The first kappa shape index (κ1) is 13.1. The Morgan fingerprint density at radius 2 is 2.10 bits per heavy atom. The van der Waals surface area contributed by atoms with Crippen LogP contribution in [0.25, 0.3) is 10.9 Å². The Balaban J connectivity index is 2.02. The summed E-state index contributed by atoms with van der Waals surface area (Å²) in [6.07, 6.45) is 3.80. The van der Waals surface area contributed by atoms with Gasteiger partial charge in [-0.15, -0.1) is 0 Å². The molecule has 6 heteroatoms. The van der Waals surface area contributed by atoms with Crippen molar-refractivity contribution in [2.45, 2.75) is 18.9 Å². The molecule has 3 rings (SSSR count). The van der Waals surface area contributed by atoms with Gasteiger partial charge in [0.05, 0.1) is 11.6 Å². The number of nitrogens with zero attached hydrogens (tertiary/aromatic N) is 3. The van der Waals surface area contributed by atoms with Crippen LogP contribution in [-0.2, 0) is 0 Å². The van der Waals surface area contributed by atoms with Gasteiger partial charge in [0.25, 0.3) is 5.91 Å². The largest absolute Gasteiger partial charge is 0.366 e. The average molecular weight is 276 g/mol. The second kappa shape index (κ2) is 4.86. The summed E-state index contributed by atoms with van der Waals surface area (Å²) < 4.78 is 15.4. The molecule has 1 fully saturated rings. The molecular formula is C14H17FN4O. The Hall–Kier alpha value is -1.95. The molecule has 0 aliphatic carbocycles. The standard InChI is InChI=1S/C14H17FN4O/c1-18-4-2-11(3-5-18)19-8-9-6-10(15)7-12(14(16)20)13(9)17-19/h6-8,11H,2-5H2,1H3,(H2,16,20). The molecular weight excluding hydrogens is 259 g/mol. The summed E-state index contributed by atoms with van der Waals surface area (Å²) in [5.74, 6) is -1.11. The lowest BCUT2D eigenvalue weighted by atomic mass is 10.1. The summed E-state index contributed by atoms with van der Waals surface area (Å²) in [7, 11) is 2.09. The number of piperidine rings is 1. The lowest BCUT2D eigenvalue weighted by molar-refractivity contribution is 0.100. The van der Waals surface area contributed by atoms with Crippen molar-refractivity contribution in [3.05, 3.63) is 29.7 Å². The second-order valence-electron chi connectivity index (χ2n) is 5.40. The highest BCUT2D eigenvalue weighted by Crippen LogP contribution is 2.25. The summed E-state index contributed by atoms with van der Waals surface area (Å²) in [5.41, 5.74) is 5.92. The van der Waals surface area contributed by atoms with Crippen LogP contribution in [0, 0.1) is 5.82 Å². The SMILES string of the molecule is CN1CCC(n2cc3cc(F)cc(C(N)=O)c3n2)CC1. The molecule has 0 spiro atoms. The van der Waals surface area contributed by atoms with E-state index in [0.717, 1.165) is 32.0 Å². The summed E-state index contributed by atoms with van der Waals surface area (Å²) in [4.78, 5) is 13.7. The van der Waals surface area contributed by atoms with Gasteiger partial charge in [-0.05, 0) is 45.1 Å². The predicted octanol–water partition coefficient (Wildman–Crippen LogP) is 1.54. The number of carbonyl (C=O) groups excluding carboxylic acids is 1. The van der Waals surface area contributed by atoms with Crippen molar-refractivity contribution in [3.63, 3.8) is 0 Å². The number of amides is 1. The highest BCUT2D eigenvalue weighted by Gasteiger charge is 2.21. The van der Waals surface area contributed by atoms with Gasteiger partial charge in [-0.2, -0.15) is 5.10 Å². The van der Waals surface area contributed by atoms with Crippen LogP contribution in [-0.4, -0.2) is 40.7 Å². The molecule has 1 aliphatic rings. The maximum absolute atomic E-state index is 13.5. The smallest absolute Gasteiger partial charge is 0.251 e. The van der Waals surface area contributed by atoms with Gasteiger partial charge in [0, 0.05) is 11.6 Å². The number of nitrogens with two attached hydrogens (primary N) is 1. The van der Waals surface area contributed by atoms with Gasteiger partial charge in [0.1, 0.15) is 11.3 Å². The number of halogens is 1. The Morgan fingerprint density at radius 3 is 2.75 bits per heavy atom. The maximum atomic E-state index is 13.5. The molecule has 1 aliphatic heterocycles. The molecule has 2 N–H and O–H groups in total. The van der Waals surface area contributed by atoms with E-state index < -0.39 is 11.7 Å². The zero-order chi connectivity index (χ0) is 14.3. The number of hydrogen-bond acceptors (Lipinski definition) is 3. The third-order valence-electron chi connectivity index (χ3n) is 3.92. The molecule has 0 bridgehead atoms. The van der Waals surface area contributed by atoms with Gasteiger partial charge < -0.3 is 10.6 Å². The van der Waals surface area contributed by atoms with Gasteiger partial charge in [0.15, 0.2) is 0 Å². The lowest BCUT2D eigenvalue weighted by Gasteiger charge is -2.28. The number of benzene rings is 1. The fraction of sp³-hybridized carbons (Fsp3) is 0.429. The fourth-order valence-corrected chi connectivity index (χ4v) is 2.75. The van der Waals surface area contributed by atoms with Crippen LogP contribution < -0.4 is 5.73 Å². The molecule has 5 nitrogen and oxygen atoms in total. The molecule has 1 aromatic heterocycles. The van der Waals surface area contributed by atoms with Crippen LogP contribution in [0.2, 0.25) is 0 Å². The lowest BCUT2D eigenvalue weighted by Crippen LogP contribution is -2.31. The fourth-order valence-electron chi connectivity index (χ4n) is 2.75. The zero-order valence-electron chi connectivity index (χ0n) is 11.3. The van der Waals surface area contributed by atoms with Crippen LogP contribution in [0.1, 0.15) is 29.2 Å². The van der Waals surface area contributed by atoms with Crippen LogP contribution in [0.15, 0.2) is 18.3 Å². The summed E-state index contributed by atoms with van der Waals surface area (Å²) in [6.45, 7) is 2.02. The average Bonchev–Trinajstić information content (AvgIpc) is 2.81. The number of rotatable bonds is 2. The van der Waals surface area contributed by atoms with E-state index in [4.69, 9.17) is 5.73 Å². The van der Waals surface area contributed by atoms with Crippen molar-refractivity contribution in [2.24, 2.45) is 5.73 Å². The Labute approximate surface area is 116 Å². The quantitative estimate of drug-likeness (QED) is 0.905. The first-order valence-electron chi connectivity index (χ1n) is 6.71. The van der Waals surface area contributed by atoms with E-state index in [1.165, 1.54) is 6.07 Å². The molecule has 2 heterocycles. The third-order valence-corrected chi connectivity index (χ3v) is 3.92. The number of aromatic nitrogens is 2. The van der Waals surface area contributed by atoms with Gasteiger partial charge in [-0.25, -0.2) is 4.39 Å². The normalized spacial score (nSPS) is 17.7. The van der Waals surface area contributed by atoms with Gasteiger partial charge in [0.2, 0.25) is 0 Å². The maximum Gasteiger partial charge on any atom is 0.251 e. The van der Waals surface area contributed by atoms with Crippen molar-refractivity contribution in [1.82, 2.24) is 14.7 Å². The molecule has 20 heavy (non-hydrogen) atoms. The van der Waals surface area contributed by atoms with Crippen LogP contribution in [0.3, 0.4) is 0 Å². The van der Waals surface area contributed by atoms with E-state index in [0.29, 0.717) is 16.9 Å². The number of carbonyl (C=O) groups is 1. The monoisotopic (exact) mass is 276 g/mol. The number of hydrogen-bond donors (Lipinski definition) is 1. The van der Waals surface area contributed by atoms with E-state index in [9.17, 15) is 9.18 Å². The van der Waals surface area contributed by atoms with Crippen molar-refractivity contribution in [1.29, 1.82) is 0 Å². The zero-order valence-corrected chi connectivity index (χ0v) is 11.3. The molecule has 0 radical (unpaired) electrons. The molecule has 2 aromatic rings. The Bertz CT molecular complexity index is 658. The molecule has 1 amide bonds. The summed E-state index contributed by atoms with van der Waals surface area (Å²) in [5, 5.41) is 5.08. The number of fused-ring (bicyclic) bond motifs is 1. The van der Waals surface area contributed by atoms with Crippen LogP contribution >= 0.6 is 0 Å². The van der Waals surface area contributed by atoms with E-state index in [2.05, 4.69) is 17.0 Å². The summed E-state index contributed by atoms with van der Waals surface area (Å²) >= 11 is 0. The molecule has 0 unspecified atom stereocenters. The molecule has 0 saturated carbocycles. The van der Waals surface area contributed by atoms with Crippen molar-refractivity contribution in [3.8, 4) is 0 Å². The number of primary amides is 1. The van der Waals surface area contributed by atoms with Gasteiger partial charge >= 0.3 is 0 Å². The van der Waals surface area contributed by atoms with E-state index in [-0.39, 0.29) is 5.56 Å². The first-order chi connectivity index (χ1) is 9.54. The molecule has 1 aromatic carbocycles. The highest BCUT2D eigenvalue weighted by molar-refractivity contribution is 6.04. The predicted molar refractivity (Wildman–Crippen MR) is 74.0 cm³/mol. The molecule has 0 atom stereocenters. The Morgan fingerprint density at radius 1 is 1.40 bits per heavy atom. The van der Waals surface area contributed by atoms with Crippen molar-refractivity contribution < 1.29 is 9.18 Å². The number of likely N-dealkylation sites (tertiary alicyclic amines) is 1. The minimum atomic E-state index is -0.650. The highest BCUT2D eigenvalue weighted by atomic mass is 19.1. The van der Waals surface area contributed by atoms with Gasteiger partial charge in [-0.1, -0.05) is 0 Å². The van der Waals surface area contributed by atoms with Crippen LogP contribution in [0.4, 0.5) is 4.39 Å². The van der Waals surface area contributed by atoms with Gasteiger partial charge in [-0.3, -0.25) is 9.48 Å². The minimum Gasteiger partial charge on any atom is -0.366 e. The van der Waals surface area contributed by atoms with E-state index in [1.54, 1.807) is 6.20 Å². The first-order valence-corrected chi connectivity index (χ1v) is 6.71. The van der Waals surface area contributed by atoms with Crippen LogP contribution in [0.5, 0.6) is 0 Å². The topological polar surface area (TPSA) is 64.2 Å². The van der Waals surface area contributed by atoms with Crippen molar-refractivity contribution in [2.75, 3.05) is 20.1 Å². The van der Waals surface area contributed by atoms with Crippen molar-refractivity contribution >= 4 is 16.8 Å². The van der Waals surface area contributed by atoms with E-state index >= 15 is 0 Å². The Kier molecular flexibility index (Phi) is 3.17. The summed E-state index contributed by atoms with van der Waals surface area (Å²) in [6, 6.07) is 2.83. The third kappa shape index (κ3) is 2.27. The van der Waals surface area contributed by atoms with E-state index in [1.807, 2.05) is 4.68 Å².